The largest absolute Gasteiger partial charge is 0.344 e. The topological polar surface area (TPSA) is 4.93 Å². The van der Waals surface area contributed by atoms with E-state index >= 15 is 0 Å². The molecule has 2 aliphatic rings. The number of rotatable bonds is 3. The summed E-state index contributed by atoms with van der Waals surface area (Å²) in [6.45, 7) is 15.5. The van der Waals surface area contributed by atoms with E-state index in [1.54, 1.807) is 11.1 Å². The maximum Gasteiger partial charge on any atom is 0.0491 e. The molecule has 1 nitrogen and oxygen atoms in total. The van der Waals surface area contributed by atoms with Crippen LogP contribution in [-0.2, 0) is 12.5 Å². The molecule has 70 heavy (non-hydrogen) atoms. The van der Waals surface area contributed by atoms with E-state index in [0.717, 1.165) is 12.8 Å². The second-order valence-corrected chi connectivity index (χ2v) is 20.3. The molecule has 0 fully saturated rings. The van der Waals surface area contributed by atoms with Crippen molar-refractivity contribution in [3.8, 4) is 44.5 Å². The Balaban J connectivity index is 0.000000144. The van der Waals surface area contributed by atoms with Gasteiger partial charge in [0, 0.05) is 34.3 Å². The van der Waals surface area contributed by atoms with Gasteiger partial charge >= 0.3 is 0 Å². The highest BCUT2D eigenvalue weighted by Gasteiger charge is 2.47. The Morgan fingerprint density at radius 2 is 0.914 bits per heavy atom. The molecule has 10 aromatic carbocycles. The predicted molar refractivity (Wildman–Crippen MR) is 302 cm³/mol. The summed E-state index contributed by atoms with van der Waals surface area (Å²) in [6, 6.07) is 73.6. The van der Waals surface area contributed by atoms with Crippen LogP contribution in [-0.4, -0.2) is 4.57 Å². The van der Waals surface area contributed by atoms with E-state index < -0.39 is 0 Å². The highest BCUT2D eigenvalue weighted by Crippen LogP contribution is 2.60. The minimum atomic E-state index is 0.0166. The molecule has 13 rings (SSSR count). The number of hydrogen-bond donors (Lipinski definition) is 0. The van der Waals surface area contributed by atoms with Crippen LogP contribution < -0.4 is 0 Å². The fraction of sp³-hybridized carbons (Fsp3) is 0.159. The Labute approximate surface area is 414 Å². The Hall–Kier alpha value is -7.74. The first-order valence-electron chi connectivity index (χ1n) is 25.0. The van der Waals surface area contributed by atoms with Crippen LogP contribution in [0.15, 0.2) is 211 Å². The lowest BCUT2D eigenvalue weighted by atomic mass is 9.73. The summed E-state index contributed by atoms with van der Waals surface area (Å²) < 4.78 is 2.26. The normalized spacial score (nSPS) is 13.4. The molecule has 0 saturated heterocycles. The maximum atomic E-state index is 2.57. The van der Waals surface area contributed by atoms with Crippen LogP contribution >= 0.6 is 0 Å². The van der Waals surface area contributed by atoms with Crippen molar-refractivity contribution in [3.05, 3.63) is 250 Å². The Morgan fingerprint density at radius 3 is 1.69 bits per heavy atom. The number of aromatic nitrogens is 1. The maximum absolute atomic E-state index is 2.57. The summed E-state index contributed by atoms with van der Waals surface area (Å²) in [4.78, 5) is 0. The number of allylic oxidation sites excluding steroid dienone is 2. The van der Waals surface area contributed by atoms with Crippen molar-refractivity contribution in [2.24, 2.45) is 7.05 Å². The molecule has 1 aromatic heterocycles. The lowest BCUT2D eigenvalue weighted by molar-refractivity contribution is 0.557. The van der Waals surface area contributed by atoms with E-state index in [-0.39, 0.29) is 5.41 Å². The van der Waals surface area contributed by atoms with Crippen LogP contribution in [0.1, 0.15) is 65.6 Å². The van der Waals surface area contributed by atoms with Gasteiger partial charge in [-0.25, -0.2) is 0 Å². The number of aryl methyl sites for hydroxylation is 6. The second kappa shape index (κ2) is 18.0. The fourth-order valence-electron chi connectivity index (χ4n) is 11.8. The average Bonchev–Trinajstić information content (AvgIpc) is 3.95. The van der Waals surface area contributed by atoms with Crippen molar-refractivity contribution in [1.82, 2.24) is 4.57 Å². The molecule has 0 bridgehead atoms. The van der Waals surface area contributed by atoms with E-state index in [2.05, 4.69) is 260 Å². The third kappa shape index (κ3) is 7.75. The number of hydrogen-bond acceptors (Lipinski definition) is 0. The van der Waals surface area contributed by atoms with Crippen molar-refractivity contribution < 1.29 is 0 Å². The standard InChI is InChI=1S/C40H32.C15H16.C14H13N/c1-25-17-18-34-37(19-25)40(23-26(2)27(3)24-40)38-22-36(32-15-9-10-16-33(32)39(34)38)30-20-29-13-7-8-14-31(29)35(21-30)28-11-5-4-6-12-28;1-11-8-9-13(3)15(10-11)14-7-5-4-6-12(14)2;1-10-7-8-12-11-5-3-4-6-13(11)15(2)14(12)9-10/h4-22H,23-24H2,1-3H3;4-10H,1-3H3;3-9H,1-2H3. The molecule has 1 spiro atoms. The SMILES string of the molecule is CC1=C(C)CC2(C1)c1cc(C)ccc1-c1c2cc(-c2cc(-c3ccccc3)c3ccccc3c2)c2ccccc12.Cc1ccc(C)c(-c2ccccc2C)c1.Cc1ccc2c3ccccc3n(C)c2c1. The molecule has 0 atom stereocenters. The first kappa shape index (κ1) is 44.7. The molecule has 2 aliphatic carbocycles. The summed E-state index contributed by atoms with van der Waals surface area (Å²) in [6.07, 6.45) is 2.21. The molecule has 0 radical (unpaired) electrons. The highest BCUT2D eigenvalue weighted by atomic mass is 14.9. The molecular weight excluding hydrogens is 843 g/mol. The van der Waals surface area contributed by atoms with Gasteiger partial charge in [0.05, 0.1) is 0 Å². The van der Waals surface area contributed by atoms with Gasteiger partial charge in [-0.15, -0.1) is 0 Å². The van der Waals surface area contributed by atoms with E-state index in [9.17, 15) is 0 Å². The minimum Gasteiger partial charge on any atom is -0.344 e. The van der Waals surface area contributed by atoms with Gasteiger partial charge in [-0.1, -0.05) is 192 Å². The average molecular weight is 904 g/mol. The monoisotopic (exact) mass is 903 g/mol. The van der Waals surface area contributed by atoms with Crippen molar-refractivity contribution in [3.63, 3.8) is 0 Å². The van der Waals surface area contributed by atoms with Gasteiger partial charge in [-0.2, -0.15) is 0 Å². The first-order chi connectivity index (χ1) is 34.0. The summed E-state index contributed by atoms with van der Waals surface area (Å²) in [7, 11) is 2.13. The number of benzene rings is 10. The zero-order valence-corrected chi connectivity index (χ0v) is 41.9. The Kier molecular flexibility index (Phi) is 11.5. The zero-order chi connectivity index (χ0) is 48.3. The molecule has 11 aromatic rings. The molecule has 342 valence electrons. The van der Waals surface area contributed by atoms with Crippen LogP contribution in [0.2, 0.25) is 0 Å². The molecule has 1 heterocycles. The molecule has 0 amide bonds. The summed E-state index contributed by atoms with van der Waals surface area (Å²) in [5.41, 5.74) is 26.2. The molecular formula is C69H61N. The van der Waals surface area contributed by atoms with Crippen LogP contribution in [0.25, 0.3) is 87.9 Å². The van der Waals surface area contributed by atoms with Crippen LogP contribution in [0, 0.1) is 34.6 Å². The minimum absolute atomic E-state index is 0.0166. The second-order valence-electron chi connectivity index (χ2n) is 20.3. The third-order valence-corrected chi connectivity index (χ3v) is 15.5. The number of fused-ring (bicyclic) bond motifs is 11. The molecule has 0 saturated carbocycles. The van der Waals surface area contributed by atoms with Gasteiger partial charge in [0.25, 0.3) is 0 Å². The van der Waals surface area contributed by atoms with Gasteiger partial charge in [0.1, 0.15) is 0 Å². The fourth-order valence-corrected chi connectivity index (χ4v) is 11.8. The van der Waals surface area contributed by atoms with Crippen molar-refractivity contribution in [1.29, 1.82) is 0 Å². The van der Waals surface area contributed by atoms with Crippen molar-refractivity contribution in [2.75, 3.05) is 0 Å². The van der Waals surface area contributed by atoms with Crippen molar-refractivity contribution >= 4 is 43.4 Å². The Morgan fingerprint density at radius 1 is 0.343 bits per heavy atom. The van der Waals surface area contributed by atoms with Crippen LogP contribution in [0.5, 0.6) is 0 Å². The van der Waals surface area contributed by atoms with Gasteiger partial charge in [0.15, 0.2) is 0 Å². The number of nitrogens with zero attached hydrogens (tertiary/aromatic N) is 1. The van der Waals surface area contributed by atoms with E-state index in [1.807, 2.05) is 0 Å². The van der Waals surface area contributed by atoms with Crippen molar-refractivity contribution in [2.45, 2.75) is 66.7 Å². The first-order valence-corrected chi connectivity index (χ1v) is 25.0. The van der Waals surface area contributed by atoms with Gasteiger partial charge in [-0.05, 0) is 186 Å². The molecule has 0 unspecified atom stereocenters. The van der Waals surface area contributed by atoms with Gasteiger partial charge in [0.2, 0.25) is 0 Å². The molecule has 0 aliphatic heterocycles. The lowest BCUT2D eigenvalue weighted by Gasteiger charge is -2.29. The quantitative estimate of drug-likeness (QED) is 0.156. The summed E-state index contributed by atoms with van der Waals surface area (Å²) >= 11 is 0. The van der Waals surface area contributed by atoms with E-state index in [4.69, 9.17) is 0 Å². The zero-order valence-electron chi connectivity index (χ0n) is 41.9. The molecule has 1 heteroatoms. The van der Waals surface area contributed by atoms with Crippen LogP contribution in [0.4, 0.5) is 0 Å². The van der Waals surface area contributed by atoms with Crippen LogP contribution in [0.3, 0.4) is 0 Å². The summed E-state index contributed by atoms with van der Waals surface area (Å²) in [5, 5.41) is 7.97. The number of para-hydroxylation sites is 1. The van der Waals surface area contributed by atoms with Gasteiger partial charge in [-0.3, -0.25) is 0 Å². The van der Waals surface area contributed by atoms with E-state index in [1.165, 1.54) is 127 Å². The summed E-state index contributed by atoms with van der Waals surface area (Å²) in [5.74, 6) is 0. The van der Waals surface area contributed by atoms with E-state index in [0.29, 0.717) is 0 Å². The molecule has 0 N–H and O–H groups in total. The third-order valence-electron chi connectivity index (χ3n) is 15.5. The lowest BCUT2D eigenvalue weighted by Crippen LogP contribution is -2.22. The smallest absolute Gasteiger partial charge is 0.0491 e. The van der Waals surface area contributed by atoms with Gasteiger partial charge < -0.3 is 4.57 Å². The Bertz CT molecular complexity index is 3840. The highest BCUT2D eigenvalue weighted by molar-refractivity contribution is 6.11. The predicted octanol–water partition coefficient (Wildman–Crippen LogP) is 19.0.